The normalized spacial score (nSPS) is 12.2. The topological polar surface area (TPSA) is 96.0 Å². The maximum absolute atomic E-state index is 12.6. The van der Waals surface area contributed by atoms with E-state index in [0.29, 0.717) is 12.8 Å². The van der Waals surface area contributed by atoms with Crippen LogP contribution in [0.5, 0.6) is 0 Å². The highest BCUT2D eigenvalue weighted by atomic mass is 32.2. The fourth-order valence-corrected chi connectivity index (χ4v) is 3.69. The van der Waals surface area contributed by atoms with Gasteiger partial charge in [0.2, 0.25) is 0 Å². The molecule has 1 atom stereocenters. The van der Waals surface area contributed by atoms with Gasteiger partial charge in [0, 0.05) is 0 Å². The van der Waals surface area contributed by atoms with Crippen LogP contribution < -0.4 is 0 Å². The molecule has 0 saturated carbocycles. The zero-order valence-corrected chi connectivity index (χ0v) is 16.5. The molecule has 8 heteroatoms. The van der Waals surface area contributed by atoms with E-state index in [2.05, 4.69) is 9.47 Å². The van der Waals surface area contributed by atoms with E-state index in [0.717, 1.165) is 11.6 Å². The molecule has 0 aliphatic rings. The molecular weight excluding hydrogens is 384 g/mol. The fourth-order valence-electron chi connectivity index (χ4n) is 2.58. The van der Waals surface area contributed by atoms with Gasteiger partial charge >= 0.3 is 11.9 Å². The Balaban J connectivity index is 2.12. The summed E-state index contributed by atoms with van der Waals surface area (Å²) in [6.07, 6.45) is 0.0784. The zero-order chi connectivity index (χ0) is 20.6. The Bertz CT molecular complexity index is 907. The largest absolute Gasteiger partial charge is 0.467 e. The van der Waals surface area contributed by atoms with Crippen molar-refractivity contribution in [3.8, 4) is 0 Å². The maximum Gasteiger partial charge on any atom is 0.337 e. The number of ether oxygens (including phenoxy) is 2. The van der Waals surface area contributed by atoms with Crippen molar-refractivity contribution in [2.45, 2.75) is 30.3 Å². The van der Waals surface area contributed by atoms with Crippen molar-refractivity contribution in [1.82, 2.24) is 0 Å². The average Bonchev–Trinajstić information content (AvgIpc) is 2.72. The van der Waals surface area contributed by atoms with E-state index < -0.39 is 28.2 Å². The Hall–Kier alpha value is -2.71. The average molecular weight is 406 g/mol. The number of carbonyl (C=O) groups is 2. The summed E-state index contributed by atoms with van der Waals surface area (Å²) >= 11 is 0. The van der Waals surface area contributed by atoms with Gasteiger partial charge in [-0.25, -0.2) is 9.59 Å². The molecule has 0 spiro atoms. The molecule has 0 heterocycles. The summed E-state index contributed by atoms with van der Waals surface area (Å²) in [5.41, 5.74) is 1.13. The smallest absolute Gasteiger partial charge is 0.337 e. The SMILES string of the molecule is COC(=O)c1cccc(S(=O)(=O)O[C@H](CCCc2ccccc2)C(=O)OC)c1. The lowest BCUT2D eigenvalue weighted by Gasteiger charge is -2.16. The molecule has 0 aromatic heterocycles. The summed E-state index contributed by atoms with van der Waals surface area (Å²) in [7, 11) is -1.92. The van der Waals surface area contributed by atoms with Crippen LogP contribution in [0, 0.1) is 0 Å². The minimum Gasteiger partial charge on any atom is -0.467 e. The number of aryl methyl sites for hydroxylation is 1. The molecule has 0 aliphatic heterocycles. The first-order valence-electron chi connectivity index (χ1n) is 8.61. The van der Waals surface area contributed by atoms with Crippen LogP contribution in [-0.2, 0) is 35.0 Å². The van der Waals surface area contributed by atoms with Gasteiger partial charge in [-0.2, -0.15) is 8.42 Å². The van der Waals surface area contributed by atoms with Crippen LogP contribution in [-0.4, -0.2) is 40.7 Å². The molecule has 0 amide bonds. The van der Waals surface area contributed by atoms with Gasteiger partial charge in [-0.1, -0.05) is 36.4 Å². The lowest BCUT2D eigenvalue weighted by Crippen LogP contribution is -2.29. The van der Waals surface area contributed by atoms with Gasteiger partial charge in [-0.15, -0.1) is 0 Å². The van der Waals surface area contributed by atoms with Gasteiger partial charge in [-0.05, 0) is 43.0 Å². The maximum atomic E-state index is 12.6. The highest BCUT2D eigenvalue weighted by Gasteiger charge is 2.28. The molecule has 150 valence electrons. The Morgan fingerprint density at radius 1 is 0.964 bits per heavy atom. The Kier molecular flexibility index (Phi) is 7.71. The lowest BCUT2D eigenvalue weighted by molar-refractivity contribution is -0.149. The van der Waals surface area contributed by atoms with E-state index in [9.17, 15) is 18.0 Å². The van der Waals surface area contributed by atoms with Crippen molar-refractivity contribution in [2.75, 3.05) is 14.2 Å². The molecule has 2 aromatic carbocycles. The van der Waals surface area contributed by atoms with Gasteiger partial charge in [0.15, 0.2) is 6.10 Å². The van der Waals surface area contributed by atoms with Crippen molar-refractivity contribution in [1.29, 1.82) is 0 Å². The highest BCUT2D eigenvalue weighted by Crippen LogP contribution is 2.20. The first-order chi connectivity index (χ1) is 13.4. The third kappa shape index (κ3) is 5.90. The Morgan fingerprint density at radius 3 is 2.32 bits per heavy atom. The summed E-state index contributed by atoms with van der Waals surface area (Å²) in [5.74, 6) is -1.45. The summed E-state index contributed by atoms with van der Waals surface area (Å²) in [5, 5.41) is 0. The third-order valence-corrected chi connectivity index (χ3v) is 5.34. The van der Waals surface area contributed by atoms with Crippen molar-refractivity contribution < 1.29 is 31.7 Å². The molecule has 2 aromatic rings. The van der Waals surface area contributed by atoms with E-state index >= 15 is 0 Å². The molecule has 7 nitrogen and oxygen atoms in total. The fraction of sp³-hybridized carbons (Fsp3) is 0.300. The van der Waals surface area contributed by atoms with Gasteiger partial charge in [-0.3, -0.25) is 4.18 Å². The van der Waals surface area contributed by atoms with Crippen LogP contribution in [0.3, 0.4) is 0 Å². The number of methoxy groups -OCH3 is 2. The molecule has 28 heavy (non-hydrogen) atoms. The number of rotatable bonds is 9. The van der Waals surface area contributed by atoms with Crippen LogP contribution >= 0.6 is 0 Å². The molecule has 0 N–H and O–H groups in total. The minimum atomic E-state index is -4.28. The third-order valence-electron chi connectivity index (χ3n) is 4.03. The lowest BCUT2D eigenvalue weighted by atomic mass is 10.1. The molecule has 0 fully saturated rings. The summed E-state index contributed by atoms with van der Waals surface area (Å²) in [6, 6.07) is 14.8. The van der Waals surface area contributed by atoms with Crippen molar-refractivity contribution >= 4 is 22.1 Å². The number of hydrogen-bond acceptors (Lipinski definition) is 7. The summed E-state index contributed by atoms with van der Waals surface area (Å²) in [6.45, 7) is 0. The zero-order valence-electron chi connectivity index (χ0n) is 15.7. The van der Waals surface area contributed by atoms with Crippen LogP contribution in [0.4, 0.5) is 0 Å². The van der Waals surface area contributed by atoms with E-state index in [4.69, 9.17) is 4.18 Å². The standard InChI is InChI=1S/C20H22O7S/c1-25-19(21)16-11-7-12-17(14-16)28(23,24)27-18(20(22)26-2)13-6-10-15-8-4-3-5-9-15/h3-5,7-9,11-12,14,18H,6,10,13H2,1-2H3/t18-/m1/s1. The quantitative estimate of drug-likeness (QED) is 0.467. The molecule has 0 saturated heterocycles. The molecule has 0 unspecified atom stereocenters. The van der Waals surface area contributed by atoms with Crippen LogP contribution in [0.1, 0.15) is 28.8 Å². The Labute approximate surface area is 164 Å². The van der Waals surface area contributed by atoms with Crippen LogP contribution in [0.2, 0.25) is 0 Å². The predicted octanol–water partition coefficient (Wildman–Crippen LogP) is 2.74. The molecular formula is C20H22O7S. The van der Waals surface area contributed by atoms with Crippen LogP contribution in [0.15, 0.2) is 59.5 Å². The summed E-state index contributed by atoms with van der Waals surface area (Å²) in [4.78, 5) is 23.4. The first kappa shape index (κ1) is 21.6. The van der Waals surface area contributed by atoms with Gasteiger partial charge in [0.05, 0.1) is 24.7 Å². The number of benzene rings is 2. The van der Waals surface area contributed by atoms with Crippen molar-refractivity contribution in [3.63, 3.8) is 0 Å². The van der Waals surface area contributed by atoms with Gasteiger partial charge < -0.3 is 9.47 Å². The number of esters is 2. The van der Waals surface area contributed by atoms with Gasteiger partial charge in [0.25, 0.3) is 10.1 Å². The van der Waals surface area contributed by atoms with E-state index in [1.165, 1.54) is 32.4 Å². The highest BCUT2D eigenvalue weighted by molar-refractivity contribution is 7.86. The summed E-state index contributed by atoms with van der Waals surface area (Å²) < 4.78 is 39.5. The Morgan fingerprint density at radius 2 is 1.68 bits per heavy atom. The van der Waals surface area contributed by atoms with Crippen LogP contribution in [0.25, 0.3) is 0 Å². The first-order valence-corrected chi connectivity index (χ1v) is 10.0. The number of carbonyl (C=O) groups excluding carboxylic acids is 2. The second kappa shape index (κ2) is 10.0. The van der Waals surface area contributed by atoms with E-state index in [1.54, 1.807) is 0 Å². The monoisotopic (exact) mass is 406 g/mol. The van der Waals surface area contributed by atoms with Gasteiger partial charge in [0.1, 0.15) is 0 Å². The number of hydrogen-bond donors (Lipinski definition) is 0. The van der Waals surface area contributed by atoms with Crippen molar-refractivity contribution in [3.05, 3.63) is 65.7 Å². The molecule has 2 rings (SSSR count). The predicted molar refractivity (Wildman–Crippen MR) is 101 cm³/mol. The second-order valence-corrected chi connectivity index (χ2v) is 7.53. The second-order valence-electron chi connectivity index (χ2n) is 5.96. The molecule has 0 radical (unpaired) electrons. The van der Waals surface area contributed by atoms with E-state index in [1.807, 2.05) is 30.3 Å². The van der Waals surface area contributed by atoms with E-state index in [-0.39, 0.29) is 16.9 Å². The van der Waals surface area contributed by atoms with Crippen molar-refractivity contribution in [2.24, 2.45) is 0 Å². The molecule has 0 bridgehead atoms. The minimum absolute atomic E-state index is 0.0610. The molecule has 0 aliphatic carbocycles.